The maximum Gasteiger partial charge on any atom is 0.221 e. The average Bonchev–Trinajstić information content (AvgIpc) is 2.12. The molecule has 0 heterocycles. The highest BCUT2D eigenvalue weighted by atomic mass is 79.9. The average molecular weight is 289 g/mol. The van der Waals surface area contributed by atoms with Crippen molar-refractivity contribution in [2.75, 3.05) is 0 Å². The van der Waals surface area contributed by atoms with Crippen LogP contribution < -0.4 is 11.1 Å². The number of nitrogens with one attached hydrogen (secondary N) is 1. The fourth-order valence-corrected chi connectivity index (χ4v) is 1.79. The Morgan fingerprint density at radius 2 is 2.25 bits per heavy atom. The summed E-state index contributed by atoms with van der Waals surface area (Å²) < 4.78 is 13.7. The molecule has 0 saturated carbocycles. The molecule has 3 nitrogen and oxygen atoms in total. The summed E-state index contributed by atoms with van der Waals surface area (Å²) in [6, 6.07) is 4.35. The van der Waals surface area contributed by atoms with Gasteiger partial charge in [0.15, 0.2) is 0 Å². The second-order valence-electron chi connectivity index (χ2n) is 3.74. The van der Waals surface area contributed by atoms with Crippen LogP contribution in [-0.2, 0) is 11.3 Å². The molecular formula is C11H14BrFN2O. The standard InChI is InChI=1S/C11H14BrFN2O/c1-7(14)2-11(16)15-6-8-3-9(12)5-10(13)4-8/h3-5,7H,2,6,14H2,1H3,(H,15,16). The zero-order valence-electron chi connectivity index (χ0n) is 8.97. The lowest BCUT2D eigenvalue weighted by Gasteiger charge is -2.07. The summed E-state index contributed by atoms with van der Waals surface area (Å²) >= 11 is 3.19. The summed E-state index contributed by atoms with van der Waals surface area (Å²) in [4.78, 5) is 11.3. The third-order valence-corrected chi connectivity index (χ3v) is 2.38. The van der Waals surface area contributed by atoms with E-state index in [1.165, 1.54) is 12.1 Å². The van der Waals surface area contributed by atoms with E-state index in [1.807, 2.05) is 0 Å². The van der Waals surface area contributed by atoms with Crippen LogP contribution in [0.4, 0.5) is 4.39 Å². The molecule has 0 fully saturated rings. The van der Waals surface area contributed by atoms with Gasteiger partial charge in [-0.3, -0.25) is 4.79 Å². The number of carbonyl (C=O) groups excluding carboxylic acids is 1. The zero-order valence-corrected chi connectivity index (χ0v) is 10.6. The molecule has 0 aliphatic carbocycles. The Morgan fingerprint density at radius 1 is 1.56 bits per heavy atom. The van der Waals surface area contributed by atoms with Crippen LogP contribution in [0.5, 0.6) is 0 Å². The minimum atomic E-state index is -0.328. The topological polar surface area (TPSA) is 55.1 Å². The van der Waals surface area contributed by atoms with Gasteiger partial charge < -0.3 is 11.1 Å². The fraction of sp³-hybridized carbons (Fsp3) is 0.364. The molecular weight excluding hydrogens is 275 g/mol. The normalized spacial score (nSPS) is 12.2. The number of carbonyl (C=O) groups is 1. The van der Waals surface area contributed by atoms with Crippen molar-refractivity contribution < 1.29 is 9.18 Å². The molecule has 1 aromatic rings. The molecule has 0 radical (unpaired) electrons. The highest BCUT2D eigenvalue weighted by molar-refractivity contribution is 9.10. The van der Waals surface area contributed by atoms with E-state index in [2.05, 4.69) is 21.2 Å². The van der Waals surface area contributed by atoms with E-state index in [4.69, 9.17) is 5.73 Å². The third-order valence-electron chi connectivity index (χ3n) is 1.92. The first-order chi connectivity index (χ1) is 7.47. The van der Waals surface area contributed by atoms with E-state index in [0.717, 1.165) is 0 Å². The first kappa shape index (κ1) is 13.1. The molecule has 0 spiro atoms. The molecule has 1 unspecified atom stereocenters. The van der Waals surface area contributed by atoms with Crippen molar-refractivity contribution in [1.82, 2.24) is 5.32 Å². The van der Waals surface area contributed by atoms with E-state index < -0.39 is 0 Å². The Kier molecular flexibility index (Phi) is 4.89. The molecule has 0 aromatic heterocycles. The number of nitrogens with two attached hydrogens (primary N) is 1. The summed E-state index contributed by atoms with van der Waals surface area (Å²) in [7, 11) is 0. The zero-order chi connectivity index (χ0) is 12.1. The molecule has 1 atom stereocenters. The molecule has 0 saturated heterocycles. The van der Waals surface area contributed by atoms with Gasteiger partial charge in [0.25, 0.3) is 0 Å². The Hall–Kier alpha value is -0.940. The maximum atomic E-state index is 13.0. The van der Waals surface area contributed by atoms with Crippen LogP contribution in [0.2, 0.25) is 0 Å². The van der Waals surface area contributed by atoms with Crippen molar-refractivity contribution >= 4 is 21.8 Å². The molecule has 88 valence electrons. The number of benzene rings is 1. The van der Waals surface area contributed by atoms with Gasteiger partial charge in [-0.05, 0) is 30.7 Å². The number of hydrogen-bond donors (Lipinski definition) is 2. The van der Waals surface area contributed by atoms with Gasteiger partial charge >= 0.3 is 0 Å². The van der Waals surface area contributed by atoms with Crippen LogP contribution in [-0.4, -0.2) is 11.9 Å². The largest absolute Gasteiger partial charge is 0.352 e. The fourth-order valence-electron chi connectivity index (χ4n) is 1.28. The van der Waals surface area contributed by atoms with Crippen molar-refractivity contribution in [1.29, 1.82) is 0 Å². The summed E-state index contributed by atoms with van der Waals surface area (Å²) in [6.07, 6.45) is 0.274. The summed E-state index contributed by atoms with van der Waals surface area (Å²) in [6.45, 7) is 2.07. The number of halogens is 2. The van der Waals surface area contributed by atoms with Gasteiger partial charge in [-0.25, -0.2) is 4.39 Å². The van der Waals surface area contributed by atoms with Crippen LogP contribution in [0, 0.1) is 5.82 Å². The Balaban J connectivity index is 2.51. The minimum Gasteiger partial charge on any atom is -0.352 e. The third kappa shape index (κ3) is 4.72. The smallest absolute Gasteiger partial charge is 0.221 e. The van der Waals surface area contributed by atoms with Gasteiger partial charge in [0.05, 0.1) is 0 Å². The molecule has 16 heavy (non-hydrogen) atoms. The number of rotatable bonds is 4. The van der Waals surface area contributed by atoms with Crippen LogP contribution in [0.1, 0.15) is 18.9 Å². The molecule has 0 bridgehead atoms. The predicted octanol–water partition coefficient (Wildman–Crippen LogP) is 1.94. The highest BCUT2D eigenvalue weighted by Crippen LogP contribution is 2.14. The SMILES string of the molecule is CC(N)CC(=O)NCc1cc(F)cc(Br)c1. The molecule has 0 aliphatic heterocycles. The lowest BCUT2D eigenvalue weighted by Crippen LogP contribution is -2.29. The van der Waals surface area contributed by atoms with Gasteiger partial charge in [-0.1, -0.05) is 15.9 Å². The van der Waals surface area contributed by atoms with Crippen molar-refractivity contribution in [3.05, 3.63) is 34.1 Å². The lowest BCUT2D eigenvalue weighted by molar-refractivity contribution is -0.121. The molecule has 3 N–H and O–H groups in total. The van der Waals surface area contributed by atoms with E-state index >= 15 is 0 Å². The van der Waals surface area contributed by atoms with Crippen molar-refractivity contribution in [2.24, 2.45) is 5.73 Å². The Labute approximate surface area is 102 Å². The van der Waals surface area contributed by atoms with E-state index in [1.54, 1.807) is 13.0 Å². The van der Waals surface area contributed by atoms with Crippen LogP contribution in [0.25, 0.3) is 0 Å². The molecule has 1 aromatic carbocycles. The number of amides is 1. The molecule has 1 rings (SSSR count). The van der Waals surface area contributed by atoms with Gasteiger partial charge in [0, 0.05) is 23.5 Å². The molecule has 5 heteroatoms. The Bertz CT molecular complexity index is 362. The van der Waals surface area contributed by atoms with Crippen LogP contribution >= 0.6 is 15.9 Å². The van der Waals surface area contributed by atoms with Crippen molar-refractivity contribution in [3.8, 4) is 0 Å². The maximum absolute atomic E-state index is 13.0. The Morgan fingerprint density at radius 3 is 2.81 bits per heavy atom. The van der Waals surface area contributed by atoms with Gasteiger partial charge in [0.2, 0.25) is 5.91 Å². The second kappa shape index (κ2) is 5.96. The monoisotopic (exact) mass is 288 g/mol. The van der Waals surface area contributed by atoms with E-state index in [0.29, 0.717) is 16.6 Å². The quantitative estimate of drug-likeness (QED) is 0.890. The van der Waals surface area contributed by atoms with Crippen LogP contribution in [0.3, 0.4) is 0 Å². The highest BCUT2D eigenvalue weighted by Gasteiger charge is 2.05. The summed E-state index contributed by atoms with van der Waals surface area (Å²) in [5.41, 5.74) is 6.20. The number of hydrogen-bond acceptors (Lipinski definition) is 2. The predicted molar refractivity (Wildman–Crippen MR) is 64.2 cm³/mol. The summed E-state index contributed by atoms with van der Waals surface area (Å²) in [5.74, 6) is -0.457. The molecule has 0 aliphatic rings. The molecule has 1 amide bonds. The summed E-state index contributed by atoms with van der Waals surface area (Å²) in [5, 5.41) is 2.68. The van der Waals surface area contributed by atoms with Crippen molar-refractivity contribution in [2.45, 2.75) is 25.9 Å². The van der Waals surface area contributed by atoms with Gasteiger partial charge in [-0.15, -0.1) is 0 Å². The van der Waals surface area contributed by atoms with Gasteiger partial charge in [-0.2, -0.15) is 0 Å². The van der Waals surface area contributed by atoms with E-state index in [-0.39, 0.29) is 24.2 Å². The lowest BCUT2D eigenvalue weighted by atomic mass is 10.2. The minimum absolute atomic E-state index is 0.129. The van der Waals surface area contributed by atoms with E-state index in [9.17, 15) is 9.18 Å². The first-order valence-corrected chi connectivity index (χ1v) is 5.74. The second-order valence-corrected chi connectivity index (χ2v) is 4.65. The van der Waals surface area contributed by atoms with Gasteiger partial charge in [0.1, 0.15) is 5.82 Å². The first-order valence-electron chi connectivity index (χ1n) is 4.94. The van der Waals surface area contributed by atoms with Crippen LogP contribution in [0.15, 0.2) is 22.7 Å². The van der Waals surface area contributed by atoms with Crippen molar-refractivity contribution in [3.63, 3.8) is 0 Å².